The van der Waals surface area contributed by atoms with Gasteiger partial charge in [0.25, 0.3) is 0 Å². The van der Waals surface area contributed by atoms with Crippen molar-refractivity contribution in [2.45, 2.75) is 252 Å². The SMILES string of the molecule is CC(=O)OC[C@H]1O[C@@H](Oc2ccc(OCC(OCCCC(F)(F)C(F)(F)C(F)(F)C(F)(F)C(F)(F)C(F)(F)C(F)(F)C(F)(F)F)C(COCCCC(F)(F)C(F)(F)C(F)(F)C(F)(F)C(F)(F)C(F)(F)C(F)(F)C(F)(F)F)OCCCC(F)(F)C(F)(F)C(F)(F)C(F)(F)C(F)(F)C(F)(F)C(F)(F)C(F)(F)F)cc2)[C@H](OC(C)=O)[C@@H](OC(C)=O)[C@@H]1OC(C)=O. The molecule has 1 aliphatic rings. The van der Waals surface area contributed by atoms with E-state index in [1.165, 1.54) is 0 Å². The van der Waals surface area contributed by atoms with E-state index in [9.17, 15) is 226 Å². The van der Waals surface area contributed by atoms with Crippen molar-refractivity contribution >= 4 is 23.9 Å². The van der Waals surface area contributed by atoms with Crippen LogP contribution in [0.1, 0.15) is 66.2 Å². The summed E-state index contributed by atoms with van der Waals surface area (Å²) in [6.45, 7) is -9.79. The Balaban J connectivity index is 3.04. The molecule has 0 aliphatic carbocycles. The highest BCUT2D eigenvalue weighted by molar-refractivity contribution is 5.69. The molecular weight excluding hydrogens is 1880 g/mol. The Labute approximate surface area is 641 Å². The smallest absolute Gasteiger partial charge is 0.460 e. The molecule has 2 unspecified atom stereocenters. The summed E-state index contributed by atoms with van der Waals surface area (Å²) in [4.78, 5) is 48.4. The largest absolute Gasteiger partial charge is 0.491 e. The summed E-state index contributed by atoms with van der Waals surface area (Å²) in [7, 11) is 0. The zero-order chi connectivity index (χ0) is 96.9. The van der Waals surface area contributed by atoms with Gasteiger partial charge in [-0.25, -0.2) is 0 Å². The summed E-state index contributed by atoms with van der Waals surface area (Å²) in [5.41, 5.74) is 0. The molecule has 1 aliphatic heterocycles. The van der Waals surface area contributed by atoms with Gasteiger partial charge in [-0.05, 0) is 43.5 Å². The number of rotatable bonds is 45. The predicted molar refractivity (Wildman–Crippen MR) is 285 cm³/mol. The molecule has 0 saturated carbocycles. The zero-order valence-electron chi connectivity index (χ0n) is 58.8. The molecule has 2 rings (SSSR count). The number of hydrogen-bond acceptors (Lipinski definition) is 14. The summed E-state index contributed by atoms with van der Waals surface area (Å²) in [5, 5.41) is 0. The minimum Gasteiger partial charge on any atom is -0.491 e. The number of hydrogen-bond donors (Lipinski definition) is 0. The lowest BCUT2D eigenvalue weighted by molar-refractivity contribution is -0.461. The standard InChI is InChI=1S/C57H47F51O14/c1-21(109)116-20-29-30(118-22(2)110)31(119-23(3)111)32(120-24(4)112)33(122-29)121-26-10-8-25(9-11-26)117-19-28(115-17-7-14-36(62,63)39(68,69)42(74,75)45(80,81)48(86,87)51(92,93)54(98,99)57(106,107)108)27(114-16-6-13-35(60,61)38(66,67)41(72,73)44(78,79)47(84,85)50(90,91)53(96,97)56(103,104)105)18-113-15-5-12-34(58,59)37(64,65)40(70,71)43(76,77)46(82,83)49(88,89)52(94,95)55(100,101)102/h8-11,27-33H,5-7,12-20H2,1-4H3/t27?,28?,29-,30-,31+,32-,33-/m1/s1. The van der Waals surface area contributed by atoms with Gasteiger partial charge in [0.15, 0.2) is 12.2 Å². The van der Waals surface area contributed by atoms with Crippen LogP contribution in [0.4, 0.5) is 224 Å². The van der Waals surface area contributed by atoms with Gasteiger partial charge in [0.05, 0.1) is 6.61 Å². The molecular formula is C57H47F51O14. The lowest BCUT2D eigenvalue weighted by atomic mass is 9.88. The van der Waals surface area contributed by atoms with Gasteiger partial charge in [-0.15, -0.1) is 0 Å². The second-order valence-electron chi connectivity index (χ2n) is 25.1. The summed E-state index contributed by atoms with van der Waals surface area (Å²) >= 11 is 0. The third-order valence-corrected chi connectivity index (χ3v) is 16.2. The first-order chi connectivity index (χ1) is 53.7. The average Bonchev–Trinajstić information content (AvgIpc) is 0.703. The lowest BCUT2D eigenvalue weighted by Crippen LogP contribution is -2.74. The fraction of sp³-hybridized carbons (Fsp3) is 0.825. The molecule has 122 heavy (non-hydrogen) atoms. The Kier molecular flexibility index (Phi) is 32.5. The van der Waals surface area contributed by atoms with Crippen LogP contribution in [0, 0.1) is 0 Å². The molecule has 1 aromatic carbocycles. The Bertz CT molecular complexity index is 3670. The van der Waals surface area contributed by atoms with Gasteiger partial charge in [-0.2, -0.15) is 224 Å². The van der Waals surface area contributed by atoms with E-state index in [0.717, 1.165) is 6.92 Å². The fourth-order valence-corrected chi connectivity index (χ4v) is 9.45. The Morgan fingerprint density at radius 1 is 0.303 bits per heavy atom. The van der Waals surface area contributed by atoms with Gasteiger partial charge in [0, 0.05) is 66.8 Å². The normalized spacial score (nSPS) is 19.4. The number of carbonyl (C=O) groups is 4. The maximum Gasteiger partial charge on any atom is 0.460 e. The highest BCUT2D eigenvalue weighted by Crippen LogP contribution is 2.69. The van der Waals surface area contributed by atoms with Crippen LogP contribution in [-0.2, 0) is 57.1 Å². The quantitative estimate of drug-likeness (QED) is 0.0262. The van der Waals surface area contributed by atoms with Crippen LogP contribution >= 0.6 is 0 Å². The van der Waals surface area contributed by atoms with Crippen LogP contribution < -0.4 is 9.47 Å². The number of benzene rings is 1. The highest BCUT2D eigenvalue weighted by atomic mass is 19.5. The van der Waals surface area contributed by atoms with Crippen molar-refractivity contribution < 1.29 is 290 Å². The molecule has 0 spiro atoms. The maximum absolute atomic E-state index is 15.1. The van der Waals surface area contributed by atoms with E-state index in [2.05, 4.69) is 9.47 Å². The minimum atomic E-state index is -9.30. The first kappa shape index (κ1) is 111. The molecule has 1 aromatic rings. The second-order valence-corrected chi connectivity index (χ2v) is 25.1. The highest BCUT2D eigenvalue weighted by Gasteiger charge is 2.99. The Hall–Kier alpha value is -7.03. The molecule has 0 radical (unpaired) electrons. The molecule has 716 valence electrons. The van der Waals surface area contributed by atoms with Gasteiger partial charge in [-0.1, -0.05) is 0 Å². The number of carbonyl (C=O) groups excluding carboxylic acids is 4. The lowest BCUT2D eigenvalue weighted by Gasteiger charge is -2.43. The molecule has 7 atom stereocenters. The molecule has 0 aromatic heterocycles. The predicted octanol–water partition coefficient (Wildman–Crippen LogP) is 19.7. The van der Waals surface area contributed by atoms with E-state index in [1.807, 2.05) is 0 Å². The summed E-state index contributed by atoms with van der Waals surface area (Å²) in [6.07, 6.45) is -60.1. The van der Waals surface area contributed by atoms with Gasteiger partial charge >= 0.3 is 167 Å². The van der Waals surface area contributed by atoms with E-state index >= 15 is 17.6 Å². The number of ether oxygens (including phenoxy) is 10. The number of halogens is 51. The van der Waals surface area contributed by atoms with E-state index in [-0.39, 0.29) is 0 Å². The van der Waals surface area contributed by atoms with Crippen LogP contribution in [0.2, 0.25) is 0 Å². The van der Waals surface area contributed by atoms with Crippen molar-refractivity contribution in [3.63, 3.8) is 0 Å². The number of alkyl halides is 51. The van der Waals surface area contributed by atoms with Crippen molar-refractivity contribution in [2.75, 3.05) is 39.6 Å². The fourth-order valence-electron chi connectivity index (χ4n) is 9.45. The molecule has 0 N–H and O–H groups in total. The van der Waals surface area contributed by atoms with Crippen LogP contribution in [-0.4, -0.2) is 249 Å². The van der Waals surface area contributed by atoms with E-state index < -0.39 is 299 Å². The van der Waals surface area contributed by atoms with E-state index in [0.29, 0.717) is 45.0 Å². The topological polar surface area (TPSA) is 161 Å². The third-order valence-electron chi connectivity index (χ3n) is 16.2. The second kappa shape index (κ2) is 35.7. The molecule has 1 saturated heterocycles. The molecule has 0 amide bonds. The molecule has 65 heteroatoms. The molecule has 1 fully saturated rings. The first-order valence-corrected chi connectivity index (χ1v) is 31.3. The van der Waals surface area contributed by atoms with Gasteiger partial charge in [0.1, 0.15) is 43.0 Å². The Morgan fingerprint density at radius 3 is 0.828 bits per heavy atom. The zero-order valence-corrected chi connectivity index (χ0v) is 58.8. The van der Waals surface area contributed by atoms with Crippen molar-refractivity contribution in [1.82, 2.24) is 0 Å². The monoisotopic (exact) mass is 1920 g/mol. The van der Waals surface area contributed by atoms with E-state index in [1.54, 1.807) is 0 Å². The van der Waals surface area contributed by atoms with Crippen molar-refractivity contribution in [3.8, 4) is 11.5 Å². The van der Waals surface area contributed by atoms with E-state index in [4.69, 9.17) is 37.9 Å². The van der Waals surface area contributed by atoms with Gasteiger partial charge in [0.2, 0.25) is 12.4 Å². The summed E-state index contributed by atoms with van der Waals surface area (Å²) in [6, 6.07) is 1.93. The van der Waals surface area contributed by atoms with Gasteiger partial charge < -0.3 is 47.4 Å². The maximum atomic E-state index is 15.1. The van der Waals surface area contributed by atoms with Crippen molar-refractivity contribution in [2.24, 2.45) is 0 Å². The molecule has 1 heterocycles. The first-order valence-electron chi connectivity index (χ1n) is 31.3. The third kappa shape index (κ3) is 19.9. The van der Waals surface area contributed by atoms with Gasteiger partial charge in [-0.3, -0.25) is 19.2 Å². The molecule has 14 nitrogen and oxygen atoms in total. The van der Waals surface area contributed by atoms with Crippen molar-refractivity contribution in [3.05, 3.63) is 24.3 Å². The van der Waals surface area contributed by atoms with Crippen LogP contribution in [0.25, 0.3) is 0 Å². The van der Waals surface area contributed by atoms with Crippen LogP contribution in [0.15, 0.2) is 24.3 Å². The van der Waals surface area contributed by atoms with Crippen molar-refractivity contribution in [1.29, 1.82) is 0 Å². The summed E-state index contributed by atoms with van der Waals surface area (Å²) in [5.74, 6) is -191. The number of esters is 4. The summed E-state index contributed by atoms with van der Waals surface area (Å²) < 4.78 is 765. The molecule has 0 bridgehead atoms. The Morgan fingerprint density at radius 2 is 0.549 bits per heavy atom. The van der Waals surface area contributed by atoms with Crippen LogP contribution in [0.3, 0.4) is 0 Å². The van der Waals surface area contributed by atoms with Crippen LogP contribution in [0.5, 0.6) is 11.5 Å². The minimum absolute atomic E-state index is 0.437. The average molecular weight is 1920 g/mol.